The third kappa shape index (κ3) is 4.73. The standard InChI is InChI=1S/C46H56N4O9/c1-8-42-16-12-18-50-20-17-44(37(42)50)30-21-31(34(55-5)22-33(30)48(4)38(44)46(54,41(53)57-7)39(42)58-26(3)51)45(40(52)56-6)23-27-24-49(25-43(9-2)36(27)59-43)19-15-29-28-13-10-11-14-32(28)47-35(29)45/h10-14,16,21-22,27,36-39,47,54H,8-9,15,17-20,23-25H2,1-7H3/t27-,36+,37-,38+,39-,42+,43-,44+,45+,46+/m0/s1. The zero-order valence-electron chi connectivity index (χ0n) is 35.1. The molecule has 13 nitrogen and oxygen atoms in total. The van der Waals surface area contributed by atoms with Crippen molar-refractivity contribution in [1.82, 2.24) is 14.8 Å². The number of fused-ring (bicyclic) bond motifs is 8. The normalized spacial score (nSPS) is 38.7. The van der Waals surface area contributed by atoms with Gasteiger partial charge >= 0.3 is 17.9 Å². The number of aliphatic hydroxyl groups is 1. The number of ether oxygens (including phenoxy) is 5. The molecule has 2 N–H and O–H groups in total. The molecule has 13 heteroatoms. The number of epoxide rings is 1. The molecular weight excluding hydrogens is 753 g/mol. The number of anilines is 1. The highest BCUT2D eigenvalue weighted by Gasteiger charge is 2.80. The summed E-state index contributed by atoms with van der Waals surface area (Å²) in [4.78, 5) is 53.5. The quantitative estimate of drug-likeness (QED) is 0.154. The second-order valence-corrected chi connectivity index (χ2v) is 18.3. The number of likely N-dealkylation sites (N-methyl/N-ethyl adjacent to an activating group) is 1. The molecule has 314 valence electrons. The Hall–Kier alpha value is -4.43. The molecule has 4 fully saturated rings. The van der Waals surface area contributed by atoms with Crippen LogP contribution in [0.15, 0.2) is 48.6 Å². The van der Waals surface area contributed by atoms with Crippen LogP contribution >= 0.6 is 0 Å². The van der Waals surface area contributed by atoms with Crippen molar-refractivity contribution in [1.29, 1.82) is 0 Å². The van der Waals surface area contributed by atoms with Crippen LogP contribution in [0.1, 0.15) is 68.8 Å². The zero-order chi connectivity index (χ0) is 41.4. The fraction of sp³-hybridized carbons (Fsp3) is 0.587. The number of rotatable bonds is 7. The van der Waals surface area contributed by atoms with Crippen LogP contribution in [-0.2, 0) is 50.6 Å². The Kier molecular flexibility index (Phi) is 8.56. The number of nitrogens with zero attached hydrogens (tertiary/aromatic N) is 3. The summed E-state index contributed by atoms with van der Waals surface area (Å²) >= 11 is 0. The molecule has 3 aromatic rings. The number of carbonyl (C=O) groups is 3. The minimum atomic E-state index is -2.29. The van der Waals surface area contributed by atoms with Gasteiger partial charge in [0.2, 0.25) is 5.60 Å². The third-order valence-corrected chi connectivity index (χ3v) is 16.0. The number of hydrogen-bond acceptors (Lipinski definition) is 12. The van der Waals surface area contributed by atoms with Gasteiger partial charge in [-0.3, -0.25) is 19.4 Å². The third-order valence-electron chi connectivity index (χ3n) is 16.0. The smallest absolute Gasteiger partial charge is 0.344 e. The van der Waals surface area contributed by atoms with Gasteiger partial charge in [0.05, 0.1) is 33.5 Å². The number of piperidine rings is 1. The largest absolute Gasteiger partial charge is 0.496 e. The van der Waals surface area contributed by atoms with E-state index in [4.69, 9.17) is 23.7 Å². The van der Waals surface area contributed by atoms with E-state index in [1.807, 2.05) is 37.1 Å². The summed E-state index contributed by atoms with van der Waals surface area (Å²) in [5.41, 5.74) is -0.627. The van der Waals surface area contributed by atoms with E-state index in [9.17, 15) is 14.7 Å². The van der Waals surface area contributed by atoms with Crippen LogP contribution < -0.4 is 9.64 Å². The van der Waals surface area contributed by atoms with Crippen molar-refractivity contribution in [2.24, 2.45) is 11.3 Å². The molecule has 1 aromatic heterocycles. The van der Waals surface area contributed by atoms with Gasteiger partial charge in [-0.25, -0.2) is 4.79 Å². The molecule has 0 amide bonds. The van der Waals surface area contributed by atoms with Crippen LogP contribution in [0.5, 0.6) is 5.75 Å². The molecule has 1 spiro atoms. The highest BCUT2D eigenvalue weighted by atomic mass is 16.6. The SMILES string of the molecule is CC[C@]12CN3CCc4c([nH]c5ccccc45)[C@](C(=O)OC)(c4cc5c(cc4OC)N(C)[C@H]4[C@](O)(C(=O)OC)[C@@H](OC(C)=O)[C@]6(CC)C=CCN7CC[C@]54[C@@H]76)C[C@@H](C3)[C@H]1O2. The van der Waals surface area contributed by atoms with Gasteiger partial charge in [-0.2, -0.15) is 0 Å². The number of carbonyl (C=O) groups excluding carboxylic acids is 3. The Balaban J connectivity index is 1.28. The van der Waals surface area contributed by atoms with E-state index >= 15 is 4.79 Å². The lowest BCUT2D eigenvalue weighted by Crippen LogP contribution is -2.81. The van der Waals surface area contributed by atoms with Crippen molar-refractivity contribution < 1.29 is 43.2 Å². The Morgan fingerprint density at radius 1 is 1.00 bits per heavy atom. The van der Waals surface area contributed by atoms with Crippen molar-refractivity contribution in [3.63, 3.8) is 0 Å². The Morgan fingerprint density at radius 2 is 1.78 bits per heavy atom. The fourth-order valence-electron chi connectivity index (χ4n) is 13.9. The minimum absolute atomic E-state index is 0.00603. The predicted molar refractivity (Wildman–Crippen MR) is 218 cm³/mol. The zero-order valence-corrected chi connectivity index (χ0v) is 35.1. The molecule has 0 radical (unpaired) electrons. The summed E-state index contributed by atoms with van der Waals surface area (Å²) in [5.74, 6) is -1.37. The first-order chi connectivity index (χ1) is 28.3. The molecule has 1 unspecified atom stereocenters. The topological polar surface area (TPSA) is 146 Å². The van der Waals surface area contributed by atoms with Crippen molar-refractivity contribution in [3.05, 3.63) is 70.9 Å². The van der Waals surface area contributed by atoms with Gasteiger partial charge in [-0.1, -0.05) is 44.2 Å². The van der Waals surface area contributed by atoms with E-state index in [1.165, 1.54) is 21.1 Å². The molecule has 3 saturated heterocycles. The minimum Gasteiger partial charge on any atom is -0.496 e. The lowest BCUT2D eigenvalue weighted by atomic mass is 9.47. The number of nitrogens with one attached hydrogen (secondary N) is 1. The molecule has 1 aliphatic carbocycles. The fourth-order valence-corrected chi connectivity index (χ4v) is 13.9. The number of H-pyrrole nitrogens is 1. The van der Waals surface area contributed by atoms with E-state index in [-0.39, 0.29) is 23.7 Å². The van der Waals surface area contributed by atoms with E-state index < -0.39 is 51.9 Å². The summed E-state index contributed by atoms with van der Waals surface area (Å²) in [6.45, 7) is 9.32. The number of benzene rings is 2. The van der Waals surface area contributed by atoms with E-state index in [0.29, 0.717) is 50.1 Å². The maximum Gasteiger partial charge on any atom is 0.344 e. The van der Waals surface area contributed by atoms with Gasteiger partial charge in [-0.05, 0) is 61.9 Å². The maximum absolute atomic E-state index is 15.4. The van der Waals surface area contributed by atoms with E-state index in [1.54, 1.807) is 7.11 Å². The second-order valence-electron chi connectivity index (χ2n) is 18.3. The van der Waals surface area contributed by atoms with Crippen molar-refractivity contribution in [2.45, 2.75) is 99.2 Å². The number of aromatic nitrogens is 1. The van der Waals surface area contributed by atoms with Crippen LogP contribution in [0.4, 0.5) is 5.69 Å². The second kappa shape index (κ2) is 13.0. The van der Waals surface area contributed by atoms with Gasteiger partial charge < -0.3 is 38.7 Å². The van der Waals surface area contributed by atoms with Crippen LogP contribution in [0.3, 0.4) is 0 Å². The molecule has 2 aromatic carbocycles. The summed E-state index contributed by atoms with van der Waals surface area (Å²) in [6.07, 6.45) is 5.94. The molecular formula is C46H56N4O9. The average Bonchev–Trinajstić information content (AvgIpc) is 3.53. The van der Waals surface area contributed by atoms with Gasteiger partial charge in [-0.15, -0.1) is 0 Å². The van der Waals surface area contributed by atoms with Gasteiger partial charge in [0, 0.05) is 96.9 Å². The van der Waals surface area contributed by atoms with Gasteiger partial charge in [0.25, 0.3) is 0 Å². The van der Waals surface area contributed by atoms with Crippen LogP contribution in [0.25, 0.3) is 10.9 Å². The summed E-state index contributed by atoms with van der Waals surface area (Å²) < 4.78 is 30.7. The first-order valence-corrected chi connectivity index (χ1v) is 21.3. The highest BCUT2D eigenvalue weighted by molar-refractivity contribution is 5.95. The maximum atomic E-state index is 15.4. The monoisotopic (exact) mass is 808 g/mol. The molecule has 59 heavy (non-hydrogen) atoms. The van der Waals surface area contributed by atoms with E-state index in [2.05, 4.69) is 52.1 Å². The molecule has 7 aliphatic rings. The Morgan fingerprint density at radius 3 is 2.49 bits per heavy atom. The molecule has 6 aliphatic heterocycles. The van der Waals surface area contributed by atoms with Gasteiger partial charge in [0.1, 0.15) is 16.8 Å². The number of esters is 3. The molecule has 11 atom stereocenters. The lowest BCUT2D eigenvalue weighted by molar-refractivity contribution is -0.228. The summed E-state index contributed by atoms with van der Waals surface area (Å²) in [5, 5.41) is 14.4. The van der Waals surface area contributed by atoms with Crippen LogP contribution in [0.2, 0.25) is 0 Å². The number of para-hydroxylation sites is 1. The van der Waals surface area contributed by atoms with Crippen molar-refractivity contribution in [2.75, 3.05) is 66.0 Å². The molecule has 1 saturated carbocycles. The first kappa shape index (κ1) is 38.8. The summed E-state index contributed by atoms with van der Waals surface area (Å²) in [7, 11) is 6.23. The molecule has 2 bridgehead atoms. The first-order valence-electron chi connectivity index (χ1n) is 21.3. The molecule has 10 rings (SSSR count). The van der Waals surface area contributed by atoms with E-state index in [0.717, 1.165) is 59.5 Å². The van der Waals surface area contributed by atoms with Gasteiger partial charge in [0.15, 0.2) is 6.10 Å². The van der Waals surface area contributed by atoms with Crippen molar-refractivity contribution in [3.8, 4) is 5.75 Å². The lowest BCUT2D eigenvalue weighted by Gasteiger charge is -2.63. The van der Waals surface area contributed by atoms with Crippen molar-refractivity contribution >= 4 is 34.5 Å². The Bertz CT molecular complexity index is 2310. The molecule has 7 heterocycles. The van der Waals surface area contributed by atoms with Crippen LogP contribution in [-0.4, -0.2) is 134 Å². The average molecular weight is 809 g/mol. The van der Waals surface area contributed by atoms with Crippen LogP contribution in [0, 0.1) is 11.3 Å². The number of aromatic amines is 1. The predicted octanol–water partition coefficient (Wildman–Crippen LogP) is 4.01. The Labute approximate surface area is 344 Å². The number of methoxy groups -OCH3 is 3. The highest BCUT2D eigenvalue weighted by Crippen LogP contribution is 2.68. The summed E-state index contributed by atoms with van der Waals surface area (Å²) in [6, 6.07) is 11.2. The number of hydrogen-bond donors (Lipinski definition) is 2.